The van der Waals surface area contributed by atoms with E-state index in [0.717, 1.165) is 37.6 Å². The monoisotopic (exact) mass is 350 g/mol. The van der Waals surface area contributed by atoms with E-state index in [1.165, 1.54) is 18.5 Å². The highest BCUT2D eigenvalue weighted by Gasteiger charge is 2.21. The Bertz CT molecular complexity index is 805. The Morgan fingerprint density at radius 3 is 2.96 bits per heavy atom. The van der Waals surface area contributed by atoms with E-state index in [-0.39, 0.29) is 0 Å². The van der Waals surface area contributed by atoms with Crippen molar-refractivity contribution in [2.75, 3.05) is 18.4 Å². The summed E-state index contributed by atoms with van der Waals surface area (Å²) in [5.41, 5.74) is 2.22. The maximum absolute atomic E-state index is 4.45. The second kappa shape index (κ2) is 8.01. The molecule has 4 rings (SSSR count). The summed E-state index contributed by atoms with van der Waals surface area (Å²) in [6.45, 7) is 3.15. The molecule has 0 bridgehead atoms. The fourth-order valence-corrected chi connectivity index (χ4v) is 3.44. The van der Waals surface area contributed by atoms with Gasteiger partial charge in [0, 0.05) is 49.1 Å². The lowest BCUT2D eigenvalue weighted by molar-refractivity contribution is 0.165. The normalized spacial score (nSPS) is 17.9. The van der Waals surface area contributed by atoms with Crippen LogP contribution in [0.25, 0.3) is 0 Å². The third-order valence-corrected chi connectivity index (χ3v) is 4.59. The number of nitrogens with one attached hydrogen (secondary N) is 2. The van der Waals surface area contributed by atoms with Crippen molar-refractivity contribution in [3.8, 4) is 0 Å². The van der Waals surface area contributed by atoms with Gasteiger partial charge in [0.15, 0.2) is 0 Å². The van der Waals surface area contributed by atoms with E-state index in [1.54, 1.807) is 31.2 Å². The molecule has 1 saturated heterocycles. The van der Waals surface area contributed by atoms with Gasteiger partial charge < -0.3 is 10.3 Å². The molecule has 3 aromatic rings. The minimum Gasteiger partial charge on any atom is -0.347 e. The average molecular weight is 350 g/mol. The molecule has 26 heavy (non-hydrogen) atoms. The second-order valence-corrected chi connectivity index (χ2v) is 6.63. The molecule has 1 aliphatic heterocycles. The van der Waals surface area contributed by atoms with Gasteiger partial charge in [-0.2, -0.15) is 0 Å². The van der Waals surface area contributed by atoms with Crippen LogP contribution in [-0.4, -0.2) is 47.9 Å². The summed E-state index contributed by atoms with van der Waals surface area (Å²) in [7, 11) is 0. The van der Waals surface area contributed by atoms with Crippen LogP contribution in [-0.2, 0) is 13.0 Å². The molecule has 0 aliphatic carbocycles. The highest BCUT2D eigenvalue weighted by molar-refractivity contribution is 5.49. The number of H-pyrrole nitrogens is 1. The number of hydrogen-bond donors (Lipinski definition) is 2. The van der Waals surface area contributed by atoms with Crippen LogP contribution in [0.3, 0.4) is 0 Å². The van der Waals surface area contributed by atoms with Crippen molar-refractivity contribution in [2.24, 2.45) is 5.92 Å². The topological polar surface area (TPSA) is 95.5 Å². The van der Waals surface area contributed by atoms with Gasteiger partial charge in [0.1, 0.15) is 18.0 Å². The first-order valence-corrected chi connectivity index (χ1v) is 8.89. The summed E-state index contributed by atoms with van der Waals surface area (Å²) in [6.07, 6.45) is 13.6. The van der Waals surface area contributed by atoms with Gasteiger partial charge in [-0.3, -0.25) is 9.88 Å². The van der Waals surface area contributed by atoms with Crippen LogP contribution in [0.5, 0.6) is 0 Å². The Labute approximate surface area is 152 Å². The Morgan fingerprint density at radius 2 is 2.12 bits per heavy atom. The van der Waals surface area contributed by atoms with E-state index < -0.39 is 0 Å². The van der Waals surface area contributed by atoms with Gasteiger partial charge in [0.25, 0.3) is 0 Å². The summed E-state index contributed by atoms with van der Waals surface area (Å²) >= 11 is 0. The number of aromatic nitrogens is 6. The van der Waals surface area contributed by atoms with Crippen molar-refractivity contribution < 1.29 is 0 Å². The smallest absolute Gasteiger partial charge is 0.150 e. The summed E-state index contributed by atoms with van der Waals surface area (Å²) in [5, 5.41) is 3.17. The molecule has 2 N–H and O–H groups in total. The van der Waals surface area contributed by atoms with Gasteiger partial charge in [0.05, 0.1) is 12.5 Å². The van der Waals surface area contributed by atoms with Crippen LogP contribution in [0.4, 0.5) is 11.6 Å². The Balaban J connectivity index is 1.36. The van der Waals surface area contributed by atoms with Crippen molar-refractivity contribution in [3.05, 3.63) is 54.9 Å². The molecule has 1 aliphatic rings. The molecule has 4 heterocycles. The van der Waals surface area contributed by atoms with Gasteiger partial charge in [-0.15, -0.1) is 0 Å². The maximum atomic E-state index is 4.45. The summed E-state index contributed by atoms with van der Waals surface area (Å²) in [6, 6.07) is 2.00. The lowest BCUT2D eigenvalue weighted by atomic mass is 9.93. The summed E-state index contributed by atoms with van der Waals surface area (Å²) < 4.78 is 0. The van der Waals surface area contributed by atoms with Crippen LogP contribution in [0.1, 0.15) is 24.2 Å². The molecule has 0 spiro atoms. The van der Waals surface area contributed by atoms with Crippen molar-refractivity contribution in [1.29, 1.82) is 0 Å². The first-order chi connectivity index (χ1) is 12.8. The Kier molecular flexibility index (Phi) is 5.11. The maximum Gasteiger partial charge on any atom is 0.150 e. The first kappa shape index (κ1) is 16.6. The largest absolute Gasteiger partial charge is 0.347 e. The summed E-state index contributed by atoms with van der Waals surface area (Å²) in [5.74, 6) is 2.03. The Morgan fingerprint density at radius 1 is 1.12 bits per heavy atom. The van der Waals surface area contributed by atoms with Crippen LogP contribution >= 0.6 is 0 Å². The average Bonchev–Trinajstić information content (AvgIpc) is 3.16. The molecule has 134 valence electrons. The molecular weight excluding hydrogens is 328 g/mol. The zero-order valence-electron chi connectivity index (χ0n) is 14.5. The third-order valence-electron chi connectivity index (χ3n) is 4.59. The highest BCUT2D eigenvalue weighted by atomic mass is 15.1. The zero-order chi connectivity index (χ0) is 17.6. The van der Waals surface area contributed by atoms with Crippen LogP contribution < -0.4 is 5.32 Å². The van der Waals surface area contributed by atoms with Gasteiger partial charge in [0.2, 0.25) is 0 Å². The quantitative estimate of drug-likeness (QED) is 0.703. The van der Waals surface area contributed by atoms with Crippen LogP contribution in [0, 0.1) is 5.92 Å². The predicted octanol–water partition coefficient (Wildman–Crippen LogP) is 2.19. The lowest BCUT2D eigenvalue weighted by Gasteiger charge is -2.32. The number of aromatic amines is 1. The van der Waals surface area contributed by atoms with Crippen molar-refractivity contribution >= 4 is 11.6 Å². The van der Waals surface area contributed by atoms with E-state index in [9.17, 15) is 0 Å². The van der Waals surface area contributed by atoms with Crippen molar-refractivity contribution in [3.63, 3.8) is 0 Å². The SMILES string of the molecule is c1cnc(Nc2cc(C[C@H]3CCCN(Cc4cnc[nH]4)C3)ncn2)cn1. The predicted molar refractivity (Wildman–Crippen MR) is 97.6 cm³/mol. The number of rotatable bonds is 6. The molecule has 1 fully saturated rings. The standard InChI is InChI=1S/C18H22N8/c1-2-14(10-26(5-1)11-16-8-20-12-22-16)6-15-7-17(24-13-23-15)25-18-9-19-3-4-21-18/h3-4,7-9,12-14H,1-2,5-6,10-11H2,(H,20,22)(H,21,23,24,25)/t14-/m1/s1. The molecule has 0 amide bonds. The fourth-order valence-electron chi connectivity index (χ4n) is 3.44. The molecular formula is C18H22N8. The molecule has 0 unspecified atom stereocenters. The number of imidazole rings is 1. The van der Waals surface area contributed by atoms with Crippen LogP contribution in [0.2, 0.25) is 0 Å². The molecule has 8 heteroatoms. The number of nitrogens with zero attached hydrogens (tertiary/aromatic N) is 6. The third kappa shape index (κ3) is 4.40. The van der Waals surface area contributed by atoms with Gasteiger partial charge in [-0.1, -0.05) is 0 Å². The van der Waals surface area contributed by atoms with Gasteiger partial charge in [-0.05, 0) is 31.7 Å². The number of anilines is 2. The number of likely N-dealkylation sites (tertiary alicyclic amines) is 1. The van der Waals surface area contributed by atoms with E-state index >= 15 is 0 Å². The molecule has 3 aromatic heterocycles. The minimum atomic E-state index is 0.603. The minimum absolute atomic E-state index is 0.603. The lowest BCUT2D eigenvalue weighted by Crippen LogP contribution is -2.35. The molecule has 0 radical (unpaired) electrons. The molecule has 1 atom stereocenters. The van der Waals surface area contributed by atoms with Gasteiger partial charge >= 0.3 is 0 Å². The van der Waals surface area contributed by atoms with Crippen molar-refractivity contribution in [1.82, 2.24) is 34.8 Å². The van der Waals surface area contributed by atoms with Crippen LogP contribution in [0.15, 0.2) is 43.5 Å². The van der Waals surface area contributed by atoms with E-state index in [1.807, 2.05) is 12.3 Å². The van der Waals surface area contributed by atoms with E-state index in [0.29, 0.717) is 11.7 Å². The summed E-state index contributed by atoms with van der Waals surface area (Å²) in [4.78, 5) is 26.8. The van der Waals surface area contributed by atoms with E-state index in [2.05, 4.69) is 40.1 Å². The highest BCUT2D eigenvalue weighted by Crippen LogP contribution is 2.22. The zero-order valence-corrected chi connectivity index (χ0v) is 14.5. The molecule has 0 aromatic carbocycles. The Hall–Kier alpha value is -2.87. The molecule has 8 nitrogen and oxygen atoms in total. The fraction of sp³-hybridized carbons (Fsp3) is 0.389. The molecule has 0 saturated carbocycles. The number of hydrogen-bond acceptors (Lipinski definition) is 7. The second-order valence-electron chi connectivity index (χ2n) is 6.63. The van der Waals surface area contributed by atoms with E-state index in [4.69, 9.17) is 0 Å². The van der Waals surface area contributed by atoms with Gasteiger partial charge in [-0.25, -0.2) is 19.9 Å². The first-order valence-electron chi connectivity index (χ1n) is 8.89. The van der Waals surface area contributed by atoms with Crippen molar-refractivity contribution in [2.45, 2.75) is 25.8 Å². The number of piperidine rings is 1.